The second-order valence-electron chi connectivity index (χ2n) is 3.57. The highest BCUT2D eigenvalue weighted by atomic mass is 35.5. The second-order valence-corrected chi connectivity index (χ2v) is 4.01. The molecular formula is C11H11ClO4. The van der Waals surface area contributed by atoms with E-state index in [1.165, 1.54) is 0 Å². The van der Waals surface area contributed by atoms with Crippen molar-refractivity contribution in [3.63, 3.8) is 0 Å². The van der Waals surface area contributed by atoms with E-state index in [0.29, 0.717) is 11.6 Å². The Kier molecular flexibility index (Phi) is 3.43. The molecule has 1 heterocycles. The van der Waals surface area contributed by atoms with E-state index in [-0.39, 0.29) is 12.5 Å². The zero-order chi connectivity index (χ0) is 11.5. The van der Waals surface area contributed by atoms with Crippen LogP contribution in [0.15, 0.2) is 24.3 Å². The number of hydrogen-bond acceptors (Lipinski definition) is 3. The lowest BCUT2D eigenvalue weighted by molar-refractivity contribution is -0.140. The van der Waals surface area contributed by atoms with E-state index in [0.717, 1.165) is 5.56 Å². The fourth-order valence-electron chi connectivity index (χ4n) is 1.54. The summed E-state index contributed by atoms with van der Waals surface area (Å²) in [4.78, 5) is 10.5. The number of hydrogen-bond donors (Lipinski definition) is 1. The number of benzene rings is 1. The van der Waals surface area contributed by atoms with Gasteiger partial charge in [-0.3, -0.25) is 4.79 Å². The van der Waals surface area contributed by atoms with Crippen LogP contribution in [0.1, 0.15) is 18.3 Å². The van der Waals surface area contributed by atoms with Crippen molar-refractivity contribution in [3.8, 4) is 0 Å². The van der Waals surface area contributed by atoms with Crippen molar-refractivity contribution in [3.05, 3.63) is 34.9 Å². The van der Waals surface area contributed by atoms with E-state index < -0.39 is 12.3 Å². The van der Waals surface area contributed by atoms with Gasteiger partial charge in [0, 0.05) is 10.6 Å². The van der Waals surface area contributed by atoms with Crippen molar-refractivity contribution in [1.29, 1.82) is 0 Å². The summed E-state index contributed by atoms with van der Waals surface area (Å²) in [7, 11) is 0. The van der Waals surface area contributed by atoms with Crippen LogP contribution in [0.3, 0.4) is 0 Å². The zero-order valence-electron chi connectivity index (χ0n) is 8.43. The molecule has 1 aliphatic rings. The van der Waals surface area contributed by atoms with Crippen LogP contribution < -0.4 is 0 Å². The van der Waals surface area contributed by atoms with Crippen molar-refractivity contribution in [2.45, 2.75) is 18.8 Å². The predicted molar refractivity (Wildman–Crippen MR) is 57.3 cm³/mol. The molecule has 1 saturated heterocycles. The quantitative estimate of drug-likeness (QED) is 0.883. The highest BCUT2D eigenvalue weighted by Crippen LogP contribution is 2.28. The van der Waals surface area contributed by atoms with Crippen LogP contribution in [-0.4, -0.2) is 23.8 Å². The lowest BCUT2D eigenvalue weighted by Crippen LogP contribution is -2.15. The van der Waals surface area contributed by atoms with Gasteiger partial charge in [-0.25, -0.2) is 0 Å². The van der Waals surface area contributed by atoms with E-state index in [1.54, 1.807) is 24.3 Å². The Morgan fingerprint density at radius 3 is 2.75 bits per heavy atom. The van der Waals surface area contributed by atoms with E-state index in [1.807, 2.05) is 0 Å². The van der Waals surface area contributed by atoms with Crippen LogP contribution in [0, 0.1) is 0 Å². The SMILES string of the molecule is O=C(O)CC1COC(c2ccc(Cl)cc2)O1. The molecule has 0 bridgehead atoms. The summed E-state index contributed by atoms with van der Waals surface area (Å²) in [5.41, 5.74) is 0.845. The minimum Gasteiger partial charge on any atom is -0.481 e. The molecule has 0 aromatic heterocycles. The first-order valence-corrected chi connectivity index (χ1v) is 5.27. The van der Waals surface area contributed by atoms with Crippen molar-refractivity contribution in [2.75, 3.05) is 6.61 Å². The first-order valence-electron chi connectivity index (χ1n) is 4.89. The van der Waals surface area contributed by atoms with Crippen molar-refractivity contribution >= 4 is 17.6 Å². The number of carboxylic acid groups (broad SMARTS) is 1. The first kappa shape index (κ1) is 11.4. The molecule has 5 heteroatoms. The summed E-state index contributed by atoms with van der Waals surface area (Å²) in [5.74, 6) is -0.884. The molecule has 1 fully saturated rings. The minimum absolute atomic E-state index is 0.0376. The maximum atomic E-state index is 10.5. The Labute approximate surface area is 97.7 Å². The molecule has 0 radical (unpaired) electrons. The van der Waals surface area contributed by atoms with Crippen LogP contribution in [0.2, 0.25) is 5.02 Å². The molecular weight excluding hydrogens is 232 g/mol. The van der Waals surface area contributed by atoms with E-state index in [9.17, 15) is 4.79 Å². The standard InChI is InChI=1S/C11H11ClO4/c12-8-3-1-7(2-4-8)11-15-6-9(16-11)5-10(13)14/h1-4,9,11H,5-6H2,(H,13,14). The maximum absolute atomic E-state index is 10.5. The summed E-state index contributed by atoms with van der Waals surface area (Å²) in [6.07, 6.45) is -0.899. The largest absolute Gasteiger partial charge is 0.481 e. The average Bonchev–Trinajstić information content (AvgIpc) is 2.66. The highest BCUT2D eigenvalue weighted by molar-refractivity contribution is 6.30. The molecule has 16 heavy (non-hydrogen) atoms. The fraction of sp³-hybridized carbons (Fsp3) is 0.364. The molecule has 0 saturated carbocycles. The van der Waals surface area contributed by atoms with Gasteiger partial charge in [0.25, 0.3) is 0 Å². The van der Waals surface area contributed by atoms with Gasteiger partial charge in [-0.15, -0.1) is 0 Å². The molecule has 2 atom stereocenters. The van der Waals surface area contributed by atoms with Gasteiger partial charge >= 0.3 is 5.97 Å². The lowest BCUT2D eigenvalue weighted by atomic mass is 10.2. The summed E-state index contributed by atoms with van der Waals surface area (Å²) in [6, 6.07) is 7.09. The van der Waals surface area contributed by atoms with Gasteiger partial charge in [0.15, 0.2) is 6.29 Å². The Morgan fingerprint density at radius 2 is 2.12 bits per heavy atom. The topological polar surface area (TPSA) is 55.8 Å². The van der Waals surface area contributed by atoms with Gasteiger partial charge in [0.05, 0.1) is 19.1 Å². The zero-order valence-corrected chi connectivity index (χ0v) is 9.18. The number of rotatable bonds is 3. The molecule has 4 nitrogen and oxygen atoms in total. The Bertz CT molecular complexity index is 376. The Hall–Kier alpha value is -1.10. The monoisotopic (exact) mass is 242 g/mol. The normalized spacial score (nSPS) is 24.6. The Morgan fingerprint density at radius 1 is 1.44 bits per heavy atom. The van der Waals surface area contributed by atoms with Gasteiger partial charge in [0.2, 0.25) is 0 Å². The number of aliphatic carboxylic acids is 1. The number of halogens is 1. The van der Waals surface area contributed by atoms with Crippen LogP contribution in [0.5, 0.6) is 0 Å². The summed E-state index contributed by atoms with van der Waals surface area (Å²) < 4.78 is 10.8. The molecule has 0 spiro atoms. The van der Waals surface area contributed by atoms with Crippen molar-refractivity contribution < 1.29 is 19.4 Å². The van der Waals surface area contributed by atoms with Crippen molar-refractivity contribution in [1.82, 2.24) is 0 Å². The maximum Gasteiger partial charge on any atom is 0.306 e. The molecule has 0 amide bonds. The highest BCUT2D eigenvalue weighted by Gasteiger charge is 2.28. The smallest absolute Gasteiger partial charge is 0.306 e. The average molecular weight is 243 g/mol. The van der Waals surface area contributed by atoms with Gasteiger partial charge in [0.1, 0.15) is 0 Å². The third-order valence-corrected chi connectivity index (χ3v) is 2.55. The molecule has 1 aromatic carbocycles. The molecule has 1 N–H and O–H groups in total. The Balaban J connectivity index is 1.98. The van der Waals surface area contributed by atoms with E-state index >= 15 is 0 Å². The molecule has 1 aromatic rings. The summed E-state index contributed by atoms with van der Waals surface area (Å²) in [6.45, 7) is 0.305. The molecule has 2 rings (SSSR count). The molecule has 0 aliphatic carbocycles. The number of ether oxygens (including phenoxy) is 2. The lowest BCUT2D eigenvalue weighted by Gasteiger charge is -2.10. The van der Waals surface area contributed by atoms with Crippen LogP contribution in [-0.2, 0) is 14.3 Å². The van der Waals surface area contributed by atoms with Crippen LogP contribution in [0.4, 0.5) is 0 Å². The van der Waals surface area contributed by atoms with Gasteiger partial charge in [-0.1, -0.05) is 23.7 Å². The molecule has 86 valence electrons. The molecule has 1 aliphatic heterocycles. The van der Waals surface area contributed by atoms with Gasteiger partial charge in [-0.05, 0) is 12.1 Å². The van der Waals surface area contributed by atoms with Crippen molar-refractivity contribution in [2.24, 2.45) is 0 Å². The van der Waals surface area contributed by atoms with Crippen LogP contribution in [0.25, 0.3) is 0 Å². The minimum atomic E-state index is -0.884. The first-order chi connectivity index (χ1) is 7.65. The van der Waals surface area contributed by atoms with Gasteiger partial charge < -0.3 is 14.6 Å². The third-order valence-electron chi connectivity index (χ3n) is 2.29. The van der Waals surface area contributed by atoms with E-state index in [2.05, 4.69) is 0 Å². The predicted octanol–water partition coefficient (Wildman–Crippen LogP) is 2.23. The number of carboxylic acids is 1. The number of carbonyl (C=O) groups is 1. The summed E-state index contributed by atoms with van der Waals surface area (Å²) >= 11 is 5.76. The fourth-order valence-corrected chi connectivity index (χ4v) is 1.67. The van der Waals surface area contributed by atoms with Crippen LogP contribution >= 0.6 is 11.6 Å². The molecule has 2 unspecified atom stereocenters. The third kappa shape index (κ3) is 2.72. The summed E-state index contributed by atoms with van der Waals surface area (Å²) in [5, 5.41) is 9.26. The van der Waals surface area contributed by atoms with Gasteiger partial charge in [-0.2, -0.15) is 0 Å². The second kappa shape index (κ2) is 4.82. The van der Waals surface area contributed by atoms with E-state index in [4.69, 9.17) is 26.2 Å².